The van der Waals surface area contributed by atoms with Gasteiger partial charge in [-0.2, -0.15) is 0 Å². The molecule has 3 rings (SSSR count). The molecule has 0 bridgehead atoms. The summed E-state index contributed by atoms with van der Waals surface area (Å²) in [5.41, 5.74) is 2.18. The second kappa shape index (κ2) is 4.77. The Morgan fingerprint density at radius 3 is 2.75 bits per heavy atom. The van der Waals surface area contributed by atoms with E-state index in [2.05, 4.69) is 9.97 Å². The van der Waals surface area contributed by atoms with Crippen molar-refractivity contribution >= 4 is 22.7 Å². The van der Waals surface area contributed by atoms with Crippen LogP contribution in [0.1, 0.15) is 16.1 Å². The van der Waals surface area contributed by atoms with Gasteiger partial charge in [-0.05, 0) is 18.2 Å². The van der Waals surface area contributed by atoms with Crippen LogP contribution in [0.3, 0.4) is 0 Å². The third-order valence-corrected chi connectivity index (χ3v) is 3.35. The zero-order chi connectivity index (χ0) is 14.1. The molecule has 0 unspecified atom stereocenters. The highest BCUT2D eigenvalue weighted by atomic mass is 16.4. The van der Waals surface area contributed by atoms with Gasteiger partial charge in [0.2, 0.25) is 0 Å². The summed E-state index contributed by atoms with van der Waals surface area (Å²) in [6.07, 6.45) is 1.85. The number of aromatic nitrogens is 2. The largest absolute Gasteiger partial charge is 0.478 e. The van der Waals surface area contributed by atoms with E-state index in [9.17, 15) is 9.90 Å². The number of rotatable bonds is 4. The second-order valence-corrected chi connectivity index (χ2v) is 4.75. The van der Waals surface area contributed by atoms with E-state index in [0.717, 1.165) is 16.6 Å². The maximum absolute atomic E-state index is 11.5. The Hall–Kier alpha value is -2.69. The Morgan fingerprint density at radius 2 is 2.05 bits per heavy atom. The fraction of sp³-hybridized carbons (Fsp3) is 0.133. The minimum atomic E-state index is -0.921. The lowest BCUT2D eigenvalue weighted by Gasteiger charge is -2.17. The van der Waals surface area contributed by atoms with Crippen molar-refractivity contribution in [2.24, 2.45) is 0 Å². The number of aromatic carboxylic acids is 1. The molecular weight excluding hydrogens is 254 g/mol. The molecule has 0 spiro atoms. The molecule has 2 aromatic heterocycles. The lowest BCUT2D eigenvalue weighted by Crippen LogP contribution is -2.19. The van der Waals surface area contributed by atoms with Crippen molar-refractivity contribution in [2.75, 3.05) is 11.9 Å². The van der Waals surface area contributed by atoms with Gasteiger partial charge in [0, 0.05) is 29.8 Å². The number of aromatic amines is 2. The van der Waals surface area contributed by atoms with Crippen LogP contribution in [0.25, 0.3) is 10.9 Å². The van der Waals surface area contributed by atoms with Crippen LogP contribution in [0, 0.1) is 0 Å². The van der Waals surface area contributed by atoms with Crippen molar-refractivity contribution in [1.82, 2.24) is 9.97 Å². The van der Waals surface area contributed by atoms with Crippen LogP contribution in [-0.2, 0) is 6.54 Å². The minimum Gasteiger partial charge on any atom is -0.478 e. The number of para-hydroxylation sites is 1. The highest BCUT2D eigenvalue weighted by Crippen LogP contribution is 2.29. The number of hydrogen-bond acceptors (Lipinski definition) is 2. The van der Waals surface area contributed by atoms with E-state index in [4.69, 9.17) is 0 Å². The van der Waals surface area contributed by atoms with Gasteiger partial charge in [-0.3, -0.25) is 0 Å². The van der Waals surface area contributed by atoms with E-state index in [0.29, 0.717) is 17.9 Å². The summed E-state index contributed by atoms with van der Waals surface area (Å²) >= 11 is 0. The molecule has 0 aliphatic rings. The van der Waals surface area contributed by atoms with Crippen molar-refractivity contribution in [2.45, 2.75) is 6.54 Å². The highest BCUT2D eigenvalue weighted by Gasteiger charge is 2.20. The number of nitrogens with one attached hydrogen (secondary N) is 2. The monoisotopic (exact) mass is 269 g/mol. The van der Waals surface area contributed by atoms with Crippen molar-refractivity contribution in [3.05, 3.63) is 53.9 Å². The fourth-order valence-electron chi connectivity index (χ4n) is 2.43. The van der Waals surface area contributed by atoms with Crippen molar-refractivity contribution < 1.29 is 9.90 Å². The highest BCUT2D eigenvalue weighted by molar-refractivity contribution is 6.08. The molecule has 0 saturated heterocycles. The molecule has 0 aliphatic heterocycles. The molecule has 3 aromatic rings. The lowest BCUT2D eigenvalue weighted by atomic mass is 10.1. The van der Waals surface area contributed by atoms with Crippen molar-refractivity contribution in [1.29, 1.82) is 0 Å². The van der Waals surface area contributed by atoms with Gasteiger partial charge in [0.1, 0.15) is 11.4 Å². The summed E-state index contributed by atoms with van der Waals surface area (Å²) in [6, 6.07) is 11.3. The lowest BCUT2D eigenvalue weighted by molar-refractivity contribution is 0.0699. The van der Waals surface area contributed by atoms with Gasteiger partial charge in [-0.15, -0.1) is 0 Å². The average molecular weight is 269 g/mol. The van der Waals surface area contributed by atoms with Crippen LogP contribution in [0.5, 0.6) is 0 Å². The first-order valence-corrected chi connectivity index (χ1v) is 6.34. The first kappa shape index (κ1) is 12.3. The van der Waals surface area contributed by atoms with E-state index in [1.54, 1.807) is 0 Å². The molecule has 3 N–H and O–H groups in total. The van der Waals surface area contributed by atoms with Gasteiger partial charge in [0.25, 0.3) is 0 Å². The van der Waals surface area contributed by atoms with Crippen LogP contribution in [0.15, 0.2) is 42.6 Å². The van der Waals surface area contributed by atoms with Gasteiger partial charge in [0.15, 0.2) is 0 Å². The number of H-pyrrole nitrogens is 2. The van der Waals surface area contributed by atoms with E-state index in [1.165, 1.54) is 0 Å². The summed E-state index contributed by atoms with van der Waals surface area (Å²) < 4.78 is 0. The SMILES string of the molecule is CN(Cc1ccc[nH]1)c1[nH]c2ccccc2c1C(=O)O. The summed E-state index contributed by atoms with van der Waals surface area (Å²) in [5.74, 6) is -0.302. The van der Waals surface area contributed by atoms with Crippen molar-refractivity contribution in [3.8, 4) is 0 Å². The number of anilines is 1. The topological polar surface area (TPSA) is 72.1 Å². The zero-order valence-electron chi connectivity index (χ0n) is 11.1. The van der Waals surface area contributed by atoms with Gasteiger partial charge < -0.3 is 20.0 Å². The smallest absolute Gasteiger partial charge is 0.340 e. The Kier molecular flexibility index (Phi) is 2.95. The van der Waals surface area contributed by atoms with Crippen LogP contribution >= 0.6 is 0 Å². The average Bonchev–Trinajstić information content (AvgIpc) is 3.04. The Morgan fingerprint density at radius 1 is 1.25 bits per heavy atom. The fourth-order valence-corrected chi connectivity index (χ4v) is 2.43. The zero-order valence-corrected chi connectivity index (χ0v) is 11.1. The van der Waals surface area contributed by atoms with Gasteiger partial charge in [0.05, 0.1) is 6.54 Å². The molecule has 0 fully saturated rings. The molecule has 20 heavy (non-hydrogen) atoms. The predicted molar refractivity (Wildman–Crippen MR) is 78.2 cm³/mol. The number of carbonyl (C=O) groups is 1. The molecule has 5 heteroatoms. The third-order valence-electron chi connectivity index (χ3n) is 3.35. The molecule has 2 heterocycles. The summed E-state index contributed by atoms with van der Waals surface area (Å²) in [6.45, 7) is 0.611. The molecule has 5 nitrogen and oxygen atoms in total. The third kappa shape index (κ3) is 2.03. The van der Waals surface area contributed by atoms with Gasteiger partial charge >= 0.3 is 5.97 Å². The van der Waals surface area contributed by atoms with Crippen LogP contribution < -0.4 is 4.90 Å². The summed E-state index contributed by atoms with van der Waals surface area (Å²) in [5, 5.41) is 10.2. The van der Waals surface area contributed by atoms with E-state index in [-0.39, 0.29) is 0 Å². The normalized spacial score (nSPS) is 10.8. The quantitative estimate of drug-likeness (QED) is 0.682. The molecule has 0 amide bonds. The molecule has 102 valence electrons. The van der Waals surface area contributed by atoms with Gasteiger partial charge in [-0.1, -0.05) is 18.2 Å². The molecule has 1 aromatic carbocycles. The Labute approximate surface area is 115 Å². The van der Waals surface area contributed by atoms with Crippen molar-refractivity contribution in [3.63, 3.8) is 0 Å². The number of fused-ring (bicyclic) bond motifs is 1. The first-order valence-electron chi connectivity index (χ1n) is 6.34. The number of hydrogen-bond donors (Lipinski definition) is 3. The number of benzene rings is 1. The van der Waals surface area contributed by atoms with E-state index in [1.807, 2.05) is 54.5 Å². The standard InChI is InChI=1S/C15H15N3O2/c1-18(9-10-5-4-8-16-10)14-13(15(19)20)11-6-2-3-7-12(11)17-14/h2-8,16-17H,9H2,1H3,(H,19,20). The molecular formula is C15H15N3O2. The minimum absolute atomic E-state index is 0.314. The van der Waals surface area contributed by atoms with E-state index < -0.39 is 5.97 Å². The molecule has 0 aliphatic carbocycles. The molecule has 0 radical (unpaired) electrons. The molecule has 0 atom stereocenters. The van der Waals surface area contributed by atoms with Crippen LogP contribution in [0.2, 0.25) is 0 Å². The maximum atomic E-state index is 11.5. The number of nitrogens with zero attached hydrogens (tertiary/aromatic N) is 1. The first-order chi connectivity index (χ1) is 9.66. The second-order valence-electron chi connectivity index (χ2n) is 4.75. The number of carboxylic acid groups (broad SMARTS) is 1. The predicted octanol–water partition coefficient (Wildman–Crippen LogP) is 2.83. The summed E-state index contributed by atoms with van der Waals surface area (Å²) in [7, 11) is 1.87. The van der Waals surface area contributed by atoms with Crippen LogP contribution in [0.4, 0.5) is 5.82 Å². The van der Waals surface area contributed by atoms with Gasteiger partial charge in [-0.25, -0.2) is 4.79 Å². The van der Waals surface area contributed by atoms with E-state index >= 15 is 0 Å². The van der Waals surface area contributed by atoms with Crippen LogP contribution in [-0.4, -0.2) is 28.1 Å². The maximum Gasteiger partial charge on any atom is 0.340 e. The summed E-state index contributed by atoms with van der Waals surface area (Å²) in [4.78, 5) is 19.8. The molecule has 0 saturated carbocycles. The Bertz CT molecular complexity index is 744. The number of carboxylic acids is 1. The Balaban J connectivity index is 2.06.